The van der Waals surface area contributed by atoms with Crippen LogP contribution in [-0.2, 0) is 36.7 Å². The molecule has 252 valence electrons. The normalized spacial score (nSPS) is 11.3. The lowest BCUT2D eigenvalue weighted by molar-refractivity contribution is -0.169. The highest BCUT2D eigenvalue weighted by atomic mass is 16.5. The van der Waals surface area contributed by atoms with Gasteiger partial charge in [0, 0.05) is 17.5 Å². The molecule has 9 nitrogen and oxygen atoms in total. The predicted octanol–water partition coefficient (Wildman–Crippen LogP) is 7.03. The number of benzene rings is 3. The SMILES string of the molecule is COC(=O)C=Cc1ccc(OCCCCCCCCCCCOC(=O)C(Cc2ccc(N)cc2)(Cc2ccc(N)cc2)C(=O)O)cc1. The molecule has 47 heavy (non-hydrogen) atoms. The number of hydrogen-bond acceptors (Lipinski definition) is 8. The van der Waals surface area contributed by atoms with Gasteiger partial charge in [0.2, 0.25) is 0 Å². The van der Waals surface area contributed by atoms with E-state index in [2.05, 4.69) is 4.74 Å². The molecule has 0 aliphatic heterocycles. The number of nitrogen functional groups attached to an aromatic ring is 2. The van der Waals surface area contributed by atoms with Gasteiger partial charge in [0.25, 0.3) is 0 Å². The number of rotatable bonds is 21. The van der Waals surface area contributed by atoms with Gasteiger partial charge < -0.3 is 30.8 Å². The van der Waals surface area contributed by atoms with E-state index in [1.54, 1.807) is 54.6 Å². The molecule has 0 aliphatic carbocycles. The van der Waals surface area contributed by atoms with Crippen molar-refractivity contribution < 1.29 is 33.7 Å². The first-order chi connectivity index (χ1) is 22.7. The van der Waals surface area contributed by atoms with Crippen molar-refractivity contribution in [2.45, 2.75) is 70.6 Å². The van der Waals surface area contributed by atoms with Crippen LogP contribution in [0.4, 0.5) is 11.4 Å². The lowest BCUT2D eigenvalue weighted by Gasteiger charge is -2.28. The van der Waals surface area contributed by atoms with Crippen LogP contribution in [-0.4, -0.2) is 43.3 Å². The van der Waals surface area contributed by atoms with Crippen molar-refractivity contribution in [1.82, 2.24) is 0 Å². The number of anilines is 2. The zero-order valence-corrected chi connectivity index (χ0v) is 27.3. The zero-order chi connectivity index (χ0) is 33.9. The van der Waals surface area contributed by atoms with Gasteiger partial charge in [-0.2, -0.15) is 0 Å². The summed E-state index contributed by atoms with van der Waals surface area (Å²) in [5.41, 5.74) is 13.3. The molecule has 3 aromatic carbocycles. The Morgan fingerprint density at radius 3 is 1.62 bits per heavy atom. The predicted molar refractivity (Wildman–Crippen MR) is 185 cm³/mol. The minimum Gasteiger partial charge on any atom is -0.494 e. The molecule has 0 saturated heterocycles. The minimum atomic E-state index is -1.77. The number of hydrogen-bond donors (Lipinski definition) is 3. The number of nitrogens with two attached hydrogens (primary N) is 2. The van der Waals surface area contributed by atoms with Crippen LogP contribution in [0.25, 0.3) is 6.08 Å². The number of methoxy groups -OCH3 is 1. The number of unbranched alkanes of at least 4 members (excludes halogenated alkanes) is 8. The van der Waals surface area contributed by atoms with Crippen LogP contribution in [0.1, 0.15) is 74.5 Å². The molecular formula is C38H48N2O7. The number of aliphatic carboxylic acids is 1. The fourth-order valence-electron chi connectivity index (χ4n) is 5.26. The van der Waals surface area contributed by atoms with Gasteiger partial charge in [-0.1, -0.05) is 81.3 Å². The molecule has 0 saturated carbocycles. The lowest BCUT2D eigenvalue weighted by Crippen LogP contribution is -2.44. The third-order valence-corrected chi connectivity index (χ3v) is 8.06. The molecule has 0 fully saturated rings. The lowest BCUT2D eigenvalue weighted by atomic mass is 9.76. The van der Waals surface area contributed by atoms with E-state index >= 15 is 0 Å². The first kappa shape index (κ1) is 36.7. The summed E-state index contributed by atoms with van der Waals surface area (Å²) in [6.45, 7) is 0.851. The van der Waals surface area contributed by atoms with Gasteiger partial charge in [-0.3, -0.25) is 9.59 Å². The van der Waals surface area contributed by atoms with Crippen molar-refractivity contribution in [2.75, 3.05) is 31.8 Å². The van der Waals surface area contributed by atoms with Crippen molar-refractivity contribution in [1.29, 1.82) is 0 Å². The molecule has 0 radical (unpaired) electrons. The van der Waals surface area contributed by atoms with E-state index in [4.69, 9.17) is 20.9 Å². The second-order valence-electron chi connectivity index (χ2n) is 11.8. The van der Waals surface area contributed by atoms with Gasteiger partial charge >= 0.3 is 17.9 Å². The van der Waals surface area contributed by atoms with Crippen molar-refractivity contribution in [3.63, 3.8) is 0 Å². The largest absolute Gasteiger partial charge is 0.494 e. The number of carbonyl (C=O) groups is 3. The molecule has 3 aromatic rings. The average molecular weight is 645 g/mol. The summed E-state index contributed by atoms with van der Waals surface area (Å²) in [4.78, 5) is 37.3. The van der Waals surface area contributed by atoms with Crippen LogP contribution in [0.15, 0.2) is 78.9 Å². The summed E-state index contributed by atoms with van der Waals surface area (Å²) in [5.74, 6) is -1.53. The van der Waals surface area contributed by atoms with Crippen LogP contribution in [0, 0.1) is 5.41 Å². The standard InChI is InChI=1S/C38H48N2O7/c1-45-35(41)24-17-29-15-22-34(23-16-29)46-25-9-7-5-3-2-4-6-8-10-26-47-37(44)38(36(42)43,27-30-11-18-32(39)19-12-30)28-31-13-20-33(40)21-14-31/h11-24H,2-10,25-28,39-40H2,1H3,(H,42,43). The number of carbonyl (C=O) groups excluding carboxylic acids is 2. The van der Waals surface area contributed by atoms with E-state index in [9.17, 15) is 19.5 Å². The van der Waals surface area contributed by atoms with Crippen LogP contribution in [0.5, 0.6) is 5.75 Å². The van der Waals surface area contributed by atoms with Crippen molar-refractivity contribution >= 4 is 35.4 Å². The van der Waals surface area contributed by atoms with E-state index < -0.39 is 17.4 Å². The molecule has 9 heteroatoms. The summed E-state index contributed by atoms with van der Waals surface area (Å²) in [6.07, 6.45) is 12.4. The van der Waals surface area contributed by atoms with Crippen LogP contribution >= 0.6 is 0 Å². The molecular weight excluding hydrogens is 596 g/mol. The Bertz CT molecular complexity index is 1370. The average Bonchev–Trinajstić information content (AvgIpc) is 3.07. The van der Waals surface area contributed by atoms with E-state index in [0.717, 1.165) is 62.7 Å². The van der Waals surface area contributed by atoms with E-state index in [0.29, 0.717) is 35.5 Å². The van der Waals surface area contributed by atoms with E-state index in [-0.39, 0.29) is 25.4 Å². The Morgan fingerprint density at radius 2 is 1.15 bits per heavy atom. The van der Waals surface area contributed by atoms with Gasteiger partial charge in [0.15, 0.2) is 5.41 Å². The maximum Gasteiger partial charge on any atom is 0.330 e. The molecule has 3 rings (SSSR count). The molecule has 0 aliphatic rings. The van der Waals surface area contributed by atoms with Crippen molar-refractivity contribution in [3.05, 3.63) is 95.6 Å². The molecule has 0 aromatic heterocycles. The summed E-state index contributed by atoms with van der Waals surface area (Å²) in [6, 6.07) is 21.3. The van der Waals surface area contributed by atoms with Gasteiger partial charge in [0.05, 0.1) is 20.3 Å². The molecule has 0 bridgehead atoms. The number of ether oxygens (including phenoxy) is 3. The summed E-state index contributed by atoms with van der Waals surface area (Å²) in [7, 11) is 1.35. The molecule has 0 spiro atoms. The second kappa shape index (κ2) is 19.7. The highest BCUT2D eigenvalue weighted by Crippen LogP contribution is 2.31. The van der Waals surface area contributed by atoms with Crippen molar-refractivity contribution in [3.8, 4) is 5.75 Å². The Balaban J connectivity index is 1.31. The zero-order valence-electron chi connectivity index (χ0n) is 27.3. The monoisotopic (exact) mass is 644 g/mol. The first-order valence-electron chi connectivity index (χ1n) is 16.3. The summed E-state index contributed by atoms with van der Waals surface area (Å²) >= 11 is 0. The smallest absolute Gasteiger partial charge is 0.330 e. The Kier molecular flexibility index (Phi) is 15.3. The summed E-state index contributed by atoms with van der Waals surface area (Å²) < 4.78 is 16.0. The van der Waals surface area contributed by atoms with Crippen molar-refractivity contribution in [2.24, 2.45) is 5.41 Å². The molecule has 0 unspecified atom stereocenters. The van der Waals surface area contributed by atoms with E-state index in [1.165, 1.54) is 13.2 Å². The second-order valence-corrected chi connectivity index (χ2v) is 11.8. The van der Waals surface area contributed by atoms with Gasteiger partial charge in [0.1, 0.15) is 5.75 Å². The fourth-order valence-corrected chi connectivity index (χ4v) is 5.26. The van der Waals surface area contributed by atoms with E-state index in [1.807, 2.05) is 24.3 Å². The summed E-state index contributed by atoms with van der Waals surface area (Å²) in [5, 5.41) is 10.3. The topological polar surface area (TPSA) is 151 Å². The first-order valence-corrected chi connectivity index (χ1v) is 16.3. The maximum absolute atomic E-state index is 13.4. The maximum atomic E-state index is 13.4. The number of esters is 2. The number of carboxylic acid groups (broad SMARTS) is 1. The molecule has 0 atom stereocenters. The third kappa shape index (κ3) is 12.9. The fraction of sp³-hybridized carbons (Fsp3) is 0.395. The molecule has 0 heterocycles. The van der Waals surface area contributed by atoms with Crippen LogP contribution in [0.2, 0.25) is 0 Å². The number of carboxylic acids is 1. The third-order valence-electron chi connectivity index (χ3n) is 8.06. The van der Waals surface area contributed by atoms with Crippen LogP contribution in [0.3, 0.4) is 0 Å². The van der Waals surface area contributed by atoms with Gasteiger partial charge in [-0.05, 0) is 84.8 Å². The van der Waals surface area contributed by atoms with Gasteiger partial charge in [-0.25, -0.2) is 4.79 Å². The minimum absolute atomic E-state index is 0.0113. The molecule has 5 N–H and O–H groups in total. The Morgan fingerprint density at radius 1 is 0.681 bits per heavy atom. The highest BCUT2D eigenvalue weighted by molar-refractivity contribution is 6.00. The quantitative estimate of drug-likeness (QED) is 0.0365. The van der Waals surface area contributed by atoms with Gasteiger partial charge in [-0.15, -0.1) is 0 Å². The van der Waals surface area contributed by atoms with Crippen LogP contribution < -0.4 is 16.2 Å². The highest BCUT2D eigenvalue weighted by Gasteiger charge is 2.48. The molecule has 0 amide bonds. The Hall–Kier alpha value is -4.79. The Labute approximate surface area is 277 Å².